The van der Waals surface area contributed by atoms with E-state index in [1.807, 2.05) is 6.92 Å². The number of carbonyl (C=O) groups excluding carboxylic acids is 2. The maximum Gasteiger partial charge on any atom is 0.254 e. The van der Waals surface area contributed by atoms with Crippen LogP contribution in [-0.4, -0.2) is 27.6 Å². The Hall–Kier alpha value is -2.95. The molecule has 30 heavy (non-hydrogen) atoms. The van der Waals surface area contributed by atoms with Crippen molar-refractivity contribution in [3.63, 3.8) is 0 Å². The van der Waals surface area contributed by atoms with Crippen molar-refractivity contribution >= 4 is 18.0 Å². The zero-order chi connectivity index (χ0) is 20.7. The third-order valence-electron chi connectivity index (χ3n) is 7.71. The van der Waals surface area contributed by atoms with Crippen LogP contribution in [0, 0.1) is 56.3 Å². The highest BCUT2D eigenvalue weighted by molar-refractivity contribution is 6.06. The summed E-state index contributed by atoms with van der Waals surface area (Å²) in [5.41, 5.74) is 5.37. The van der Waals surface area contributed by atoms with Gasteiger partial charge in [0.2, 0.25) is 0 Å². The summed E-state index contributed by atoms with van der Waals surface area (Å²) in [5, 5.41) is 5.57. The molecular formula is C25H25N3O2. The lowest BCUT2D eigenvalue weighted by molar-refractivity contribution is -0.140. The maximum atomic E-state index is 13.1. The molecule has 1 saturated heterocycles. The summed E-state index contributed by atoms with van der Waals surface area (Å²) in [6.07, 6.45) is 7.22. The van der Waals surface area contributed by atoms with Crippen molar-refractivity contribution in [2.45, 2.75) is 27.2 Å². The predicted molar refractivity (Wildman–Crippen MR) is 114 cm³/mol. The van der Waals surface area contributed by atoms with Crippen molar-refractivity contribution in [1.82, 2.24) is 9.58 Å². The van der Waals surface area contributed by atoms with E-state index < -0.39 is 0 Å². The summed E-state index contributed by atoms with van der Waals surface area (Å²) in [6, 6.07) is 10.4. The minimum Gasteiger partial charge on any atom is -0.318 e. The Morgan fingerprint density at radius 3 is 2.13 bits per heavy atom. The molecule has 0 spiro atoms. The normalized spacial score (nSPS) is 33.5. The van der Waals surface area contributed by atoms with Gasteiger partial charge in [-0.2, -0.15) is 10.1 Å². The highest BCUT2D eigenvalue weighted by atomic mass is 16.2. The number of benzene rings is 1. The third kappa shape index (κ3) is 2.32. The molecule has 7 rings (SSSR count). The van der Waals surface area contributed by atoms with Gasteiger partial charge in [-0.25, -0.2) is 0 Å². The average Bonchev–Trinajstić information content (AvgIpc) is 3.46. The third-order valence-corrected chi connectivity index (χ3v) is 7.71. The van der Waals surface area contributed by atoms with Crippen molar-refractivity contribution in [3.8, 4) is 5.69 Å². The molecule has 3 fully saturated rings. The molecule has 6 atom stereocenters. The van der Waals surface area contributed by atoms with Crippen molar-refractivity contribution in [2.24, 2.45) is 40.6 Å². The van der Waals surface area contributed by atoms with Gasteiger partial charge in [-0.05, 0) is 69.1 Å². The molecule has 2 amide bonds. The fourth-order valence-corrected chi connectivity index (χ4v) is 6.18. The second-order valence-corrected chi connectivity index (χ2v) is 9.38. The van der Waals surface area contributed by atoms with Crippen LogP contribution in [0.2, 0.25) is 0 Å². The number of carbonyl (C=O) groups is 2. The molecule has 1 aromatic carbocycles. The molecular weight excluding hydrogens is 374 g/mol. The standard InChI is InChI=1S/C25H25N3O2/c1-13-4-6-17(7-5-13)27-14(2)10-16(15(27)3)12-26-28-24(29)22-18-8-9-19(21-11-20(18)21)23(22)25(28)30/h4-10,12,18-23H,11H2,1-3H3/b26-12-/t18-,19-,20-,21-,22+,23+/m0/s1. The molecule has 2 aromatic rings. The number of aryl methyl sites for hydroxylation is 2. The molecule has 2 bridgehead atoms. The second kappa shape index (κ2) is 6.03. The van der Waals surface area contributed by atoms with E-state index >= 15 is 0 Å². The largest absolute Gasteiger partial charge is 0.318 e. The van der Waals surface area contributed by atoms with Gasteiger partial charge in [-0.3, -0.25) is 9.59 Å². The number of imide groups is 1. The Balaban J connectivity index is 1.30. The van der Waals surface area contributed by atoms with E-state index in [1.54, 1.807) is 6.21 Å². The van der Waals surface area contributed by atoms with Crippen LogP contribution in [0.3, 0.4) is 0 Å². The first kappa shape index (κ1) is 17.9. The van der Waals surface area contributed by atoms with Gasteiger partial charge in [-0.15, -0.1) is 0 Å². The lowest BCUT2D eigenvalue weighted by atomic mass is 9.63. The topological polar surface area (TPSA) is 54.7 Å². The Labute approximate surface area is 176 Å². The van der Waals surface area contributed by atoms with Gasteiger partial charge in [0.05, 0.1) is 18.1 Å². The quantitative estimate of drug-likeness (QED) is 0.448. The number of hydrogen-bond acceptors (Lipinski definition) is 3. The first-order chi connectivity index (χ1) is 14.5. The fourth-order valence-electron chi connectivity index (χ4n) is 6.18. The summed E-state index contributed by atoms with van der Waals surface area (Å²) in [5.74, 6) is 1.05. The lowest BCUT2D eigenvalue weighted by Gasteiger charge is -2.37. The molecule has 152 valence electrons. The van der Waals surface area contributed by atoms with E-state index in [0.717, 1.165) is 27.6 Å². The van der Waals surface area contributed by atoms with Gasteiger partial charge in [0.1, 0.15) is 0 Å². The number of nitrogens with zero attached hydrogens (tertiary/aromatic N) is 3. The minimum atomic E-state index is -0.201. The highest BCUT2D eigenvalue weighted by Crippen LogP contribution is 2.65. The first-order valence-electron chi connectivity index (χ1n) is 10.8. The lowest BCUT2D eigenvalue weighted by Crippen LogP contribution is -2.40. The van der Waals surface area contributed by atoms with Crippen LogP contribution in [0.1, 0.15) is 28.9 Å². The van der Waals surface area contributed by atoms with E-state index in [2.05, 4.69) is 66.0 Å². The van der Waals surface area contributed by atoms with E-state index in [0.29, 0.717) is 11.8 Å². The molecule has 1 aliphatic heterocycles. The molecule has 0 N–H and O–H groups in total. The van der Waals surface area contributed by atoms with Crippen LogP contribution in [0.4, 0.5) is 0 Å². The molecule has 4 aliphatic carbocycles. The summed E-state index contributed by atoms with van der Waals surface area (Å²) in [7, 11) is 0. The molecule has 5 nitrogen and oxygen atoms in total. The minimum absolute atomic E-state index is 0.113. The van der Waals surface area contributed by atoms with Gasteiger partial charge < -0.3 is 4.57 Å². The van der Waals surface area contributed by atoms with Crippen LogP contribution < -0.4 is 0 Å². The summed E-state index contributed by atoms with van der Waals surface area (Å²) in [6.45, 7) is 6.17. The molecule has 0 radical (unpaired) electrons. The Kier molecular flexibility index (Phi) is 3.59. The van der Waals surface area contributed by atoms with Gasteiger partial charge >= 0.3 is 0 Å². The van der Waals surface area contributed by atoms with Crippen LogP contribution in [0.25, 0.3) is 5.69 Å². The monoisotopic (exact) mass is 399 g/mol. The number of amides is 2. The molecule has 2 heterocycles. The zero-order valence-corrected chi connectivity index (χ0v) is 17.4. The number of aromatic nitrogens is 1. The number of allylic oxidation sites excluding steroid dienone is 2. The van der Waals surface area contributed by atoms with E-state index in [4.69, 9.17) is 0 Å². The zero-order valence-electron chi connectivity index (χ0n) is 17.4. The van der Waals surface area contributed by atoms with Gasteiger partial charge in [-0.1, -0.05) is 29.8 Å². The van der Waals surface area contributed by atoms with Crippen LogP contribution in [-0.2, 0) is 9.59 Å². The SMILES string of the molecule is Cc1ccc(-n2c(C)cc(/C=N\N3C(=O)[C@@H]4[C@H]5C=C[C@@H]([C@@H]6C[C@@H]56)[C@H]4C3=O)c2C)cc1. The smallest absolute Gasteiger partial charge is 0.254 e. The van der Waals surface area contributed by atoms with Gasteiger partial charge in [0.25, 0.3) is 11.8 Å². The van der Waals surface area contributed by atoms with Crippen molar-refractivity contribution in [3.05, 3.63) is 65.0 Å². The molecule has 2 saturated carbocycles. The summed E-state index contributed by atoms with van der Waals surface area (Å²) in [4.78, 5) is 26.2. The van der Waals surface area contributed by atoms with Gasteiger partial charge in [0, 0.05) is 22.6 Å². The molecule has 5 aliphatic rings. The summed E-state index contributed by atoms with van der Waals surface area (Å²) >= 11 is 0. The first-order valence-corrected chi connectivity index (χ1v) is 10.8. The van der Waals surface area contributed by atoms with Crippen LogP contribution in [0.5, 0.6) is 0 Å². The predicted octanol–water partition coefficient (Wildman–Crippen LogP) is 3.79. The Morgan fingerprint density at radius 1 is 0.933 bits per heavy atom. The van der Waals surface area contributed by atoms with Crippen molar-refractivity contribution < 1.29 is 9.59 Å². The van der Waals surface area contributed by atoms with Crippen molar-refractivity contribution in [2.75, 3.05) is 0 Å². The van der Waals surface area contributed by atoms with E-state index in [-0.39, 0.29) is 35.5 Å². The van der Waals surface area contributed by atoms with Crippen LogP contribution >= 0.6 is 0 Å². The average molecular weight is 399 g/mol. The van der Waals surface area contributed by atoms with Crippen molar-refractivity contribution in [1.29, 1.82) is 0 Å². The van der Waals surface area contributed by atoms with E-state index in [1.165, 1.54) is 12.0 Å². The molecule has 1 aromatic heterocycles. The maximum absolute atomic E-state index is 13.1. The second-order valence-electron chi connectivity index (χ2n) is 9.38. The molecule has 5 heteroatoms. The van der Waals surface area contributed by atoms with Gasteiger partial charge in [0.15, 0.2) is 0 Å². The van der Waals surface area contributed by atoms with E-state index in [9.17, 15) is 9.59 Å². The number of rotatable bonds is 3. The Bertz CT molecular complexity index is 1100. The van der Waals surface area contributed by atoms with Crippen LogP contribution in [0.15, 0.2) is 47.6 Å². The number of hydrogen-bond donors (Lipinski definition) is 0. The fraction of sp³-hybridized carbons (Fsp3) is 0.400. The number of hydrazone groups is 1. The highest BCUT2D eigenvalue weighted by Gasteiger charge is 2.67. The summed E-state index contributed by atoms with van der Waals surface area (Å²) < 4.78 is 2.17. The molecule has 0 unspecified atom stereocenters. The Morgan fingerprint density at radius 2 is 1.53 bits per heavy atom.